The average Bonchev–Trinajstić information content (AvgIpc) is 2.20. The van der Waals surface area contributed by atoms with Crippen LogP contribution in [0, 0.1) is 17.7 Å². The van der Waals surface area contributed by atoms with Crippen LogP contribution in [-0.2, 0) is 4.79 Å². The van der Waals surface area contributed by atoms with Crippen LogP contribution in [0.15, 0.2) is 18.2 Å². The fraction of sp³-hybridized carbons (Fsp3) is 0.250. The van der Waals surface area contributed by atoms with E-state index in [0.29, 0.717) is 12.1 Å². The van der Waals surface area contributed by atoms with Gasteiger partial charge in [0.2, 0.25) is 5.91 Å². The summed E-state index contributed by atoms with van der Waals surface area (Å²) in [5.41, 5.74) is 0.653. The number of carbonyl (C=O) groups excluding carboxylic acids is 1. The number of aliphatic hydroxyl groups excluding tert-OH is 1. The third kappa shape index (κ3) is 3.71. The summed E-state index contributed by atoms with van der Waals surface area (Å²) < 4.78 is 13.4. The molecule has 0 aromatic heterocycles. The summed E-state index contributed by atoms with van der Waals surface area (Å²) >= 11 is 0. The summed E-state index contributed by atoms with van der Waals surface area (Å²) in [6.07, 6.45) is 0.312. The van der Waals surface area contributed by atoms with E-state index >= 15 is 0 Å². The number of nitrogens with one attached hydrogen (secondary N) is 1. The third-order valence-electron chi connectivity index (χ3n) is 1.75. The smallest absolute Gasteiger partial charge is 0.221 e. The lowest BCUT2D eigenvalue weighted by atomic mass is 10.2. The lowest BCUT2D eigenvalue weighted by molar-refractivity contribution is -0.114. The lowest BCUT2D eigenvalue weighted by Gasteiger charge is -2.02. The van der Waals surface area contributed by atoms with E-state index in [2.05, 4.69) is 17.2 Å². The number of benzene rings is 1. The molecule has 3 nitrogen and oxygen atoms in total. The lowest BCUT2D eigenvalue weighted by Crippen LogP contribution is -2.06. The Balaban J connectivity index is 2.84. The van der Waals surface area contributed by atoms with Gasteiger partial charge in [0, 0.05) is 19.0 Å². The van der Waals surface area contributed by atoms with E-state index in [1.54, 1.807) is 6.07 Å². The molecule has 0 aliphatic heterocycles. The predicted octanol–water partition coefficient (Wildman–Crippen LogP) is 1.52. The van der Waals surface area contributed by atoms with Crippen molar-refractivity contribution in [2.75, 3.05) is 11.9 Å². The Kier molecular flexibility index (Phi) is 4.49. The van der Waals surface area contributed by atoms with Crippen LogP contribution in [0.2, 0.25) is 0 Å². The topological polar surface area (TPSA) is 49.3 Å². The molecule has 0 aliphatic carbocycles. The highest BCUT2D eigenvalue weighted by atomic mass is 19.1. The minimum absolute atomic E-state index is 0.0431. The van der Waals surface area contributed by atoms with Crippen molar-refractivity contribution in [3.63, 3.8) is 0 Å². The summed E-state index contributed by atoms with van der Waals surface area (Å²) in [7, 11) is 0. The number of carbonyl (C=O) groups is 1. The molecular weight excluding hydrogens is 209 g/mol. The largest absolute Gasteiger partial charge is 0.395 e. The highest BCUT2D eigenvalue weighted by molar-refractivity contribution is 5.88. The fourth-order valence-corrected chi connectivity index (χ4v) is 1.11. The van der Waals surface area contributed by atoms with Crippen LogP contribution in [0.25, 0.3) is 0 Å². The van der Waals surface area contributed by atoms with Crippen LogP contribution >= 0.6 is 0 Å². The Hall–Kier alpha value is -1.86. The molecule has 1 aromatic rings. The van der Waals surface area contributed by atoms with Crippen LogP contribution in [0.4, 0.5) is 10.1 Å². The zero-order valence-corrected chi connectivity index (χ0v) is 8.88. The van der Waals surface area contributed by atoms with Gasteiger partial charge in [-0.05, 0) is 18.2 Å². The molecule has 1 amide bonds. The molecule has 1 rings (SSSR count). The van der Waals surface area contributed by atoms with E-state index in [-0.39, 0.29) is 18.1 Å². The van der Waals surface area contributed by atoms with Crippen LogP contribution in [0.5, 0.6) is 0 Å². The minimum Gasteiger partial charge on any atom is -0.395 e. The Morgan fingerprint density at radius 2 is 2.31 bits per heavy atom. The zero-order chi connectivity index (χ0) is 12.0. The van der Waals surface area contributed by atoms with Crippen LogP contribution in [0.3, 0.4) is 0 Å². The van der Waals surface area contributed by atoms with Gasteiger partial charge in [-0.15, -0.1) is 0 Å². The van der Waals surface area contributed by atoms with Crippen molar-refractivity contribution in [1.82, 2.24) is 0 Å². The van der Waals surface area contributed by atoms with Crippen molar-refractivity contribution in [2.24, 2.45) is 0 Å². The van der Waals surface area contributed by atoms with E-state index in [0.717, 1.165) is 0 Å². The van der Waals surface area contributed by atoms with Crippen LogP contribution < -0.4 is 5.32 Å². The normalized spacial score (nSPS) is 9.19. The Morgan fingerprint density at radius 1 is 1.56 bits per heavy atom. The molecule has 0 radical (unpaired) electrons. The molecular formula is C12H12FNO2. The Labute approximate surface area is 93.3 Å². The van der Waals surface area contributed by atoms with E-state index in [4.69, 9.17) is 5.11 Å². The minimum atomic E-state index is -0.489. The first-order valence-electron chi connectivity index (χ1n) is 4.80. The second kappa shape index (κ2) is 5.89. The van der Waals surface area contributed by atoms with Gasteiger partial charge >= 0.3 is 0 Å². The molecule has 2 N–H and O–H groups in total. The molecule has 0 aliphatic rings. The van der Waals surface area contributed by atoms with Gasteiger partial charge in [-0.3, -0.25) is 4.79 Å². The van der Waals surface area contributed by atoms with Gasteiger partial charge in [0.05, 0.1) is 12.2 Å². The number of hydrogen-bond acceptors (Lipinski definition) is 2. The number of rotatable bonds is 2. The second-order valence-electron chi connectivity index (χ2n) is 3.15. The van der Waals surface area contributed by atoms with E-state index in [1.165, 1.54) is 19.1 Å². The highest BCUT2D eigenvalue weighted by Gasteiger charge is 2.01. The van der Waals surface area contributed by atoms with Gasteiger partial charge in [-0.2, -0.15) is 0 Å². The van der Waals surface area contributed by atoms with Crippen molar-refractivity contribution < 1.29 is 14.3 Å². The SMILES string of the molecule is CC(=O)Nc1ccc(C#CCCO)c(F)c1. The number of aliphatic hydroxyl groups is 1. The Morgan fingerprint density at radius 3 is 2.88 bits per heavy atom. The molecule has 0 unspecified atom stereocenters. The molecule has 0 saturated heterocycles. The number of halogens is 1. The predicted molar refractivity (Wildman–Crippen MR) is 59.3 cm³/mol. The molecule has 4 heteroatoms. The molecule has 0 saturated carbocycles. The van der Waals surface area contributed by atoms with Crippen molar-refractivity contribution >= 4 is 11.6 Å². The van der Waals surface area contributed by atoms with Crippen LogP contribution in [0.1, 0.15) is 18.9 Å². The molecule has 1 aromatic carbocycles. The maximum atomic E-state index is 13.4. The standard InChI is InChI=1S/C12H12FNO2/c1-9(16)14-11-6-5-10(12(13)8-11)4-2-3-7-15/h5-6,8,15H,3,7H2,1H3,(H,14,16). The van der Waals surface area contributed by atoms with E-state index in [9.17, 15) is 9.18 Å². The molecule has 0 bridgehead atoms. The Bertz CT molecular complexity index is 446. The molecule has 0 heterocycles. The summed E-state index contributed by atoms with van der Waals surface area (Å²) in [5, 5.41) is 11.0. The molecule has 0 atom stereocenters. The summed E-state index contributed by atoms with van der Waals surface area (Å²) in [5.74, 6) is 4.48. The number of anilines is 1. The molecule has 0 spiro atoms. The molecule has 84 valence electrons. The molecule has 0 fully saturated rings. The quantitative estimate of drug-likeness (QED) is 0.744. The molecule has 16 heavy (non-hydrogen) atoms. The maximum Gasteiger partial charge on any atom is 0.221 e. The fourth-order valence-electron chi connectivity index (χ4n) is 1.11. The third-order valence-corrected chi connectivity index (χ3v) is 1.75. The van der Waals surface area contributed by atoms with Crippen molar-refractivity contribution in [1.29, 1.82) is 0 Å². The van der Waals surface area contributed by atoms with Gasteiger partial charge in [-0.25, -0.2) is 4.39 Å². The van der Waals surface area contributed by atoms with Gasteiger partial charge in [0.25, 0.3) is 0 Å². The second-order valence-corrected chi connectivity index (χ2v) is 3.15. The van der Waals surface area contributed by atoms with Gasteiger partial charge in [0.15, 0.2) is 0 Å². The maximum absolute atomic E-state index is 13.4. The highest BCUT2D eigenvalue weighted by Crippen LogP contribution is 2.13. The van der Waals surface area contributed by atoms with E-state index in [1.807, 2.05) is 0 Å². The summed E-state index contributed by atoms with van der Waals surface area (Å²) in [6.45, 7) is 1.31. The van der Waals surface area contributed by atoms with Crippen LogP contribution in [-0.4, -0.2) is 17.6 Å². The zero-order valence-electron chi connectivity index (χ0n) is 8.88. The summed E-state index contributed by atoms with van der Waals surface area (Å²) in [6, 6.07) is 4.28. The first kappa shape index (κ1) is 12.2. The number of amides is 1. The van der Waals surface area contributed by atoms with Gasteiger partial charge in [-0.1, -0.05) is 11.8 Å². The van der Waals surface area contributed by atoms with Crippen molar-refractivity contribution in [2.45, 2.75) is 13.3 Å². The number of hydrogen-bond donors (Lipinski definition) is 2. The van der Waals surface area contributed by atoms with Crippen molar-refractivity contribution in [3.05, 3.63) is 29.6 Å². The monoisotopic (exact) mass is 221 g/mol. The van der Waals surface area contributed by atoms with E-state index < -0.39 is 5.82 Å². The van der Waals surface area contributed by atoms with Crippen molar-refractivity contribution in [3.8, 4) is 11.8 Å². The average molecular weight is 221 g/mol. The first-order valence-corrected chi connectivity index (χ1v) is 4.80. The van der Waals surface area contributed by atoms with Gasteiger partial charge in [0.1, 0.15) is 5.82 Å². The first-order chi connectivity index (χ1) is 7.63. The van der Waals surface area contributed by atoms with Gasteiger partial charge < -0.3 is 10.4 Å². The summed E-state index contributed by atoms with van der Waals surface area (Å²) in [4.78, 5) is 10.7.